The van der Waals surface area contributed by atoms with Gasteiger partial charge in [0.2, 0.25) is 0 Å². The van der Waals surface area contributed by atoms with Gasteiger partial charge < -0.3 is 11.1 Å². The summed E-state index contributed by atoms with van der Waals surface area (Å²) in [5.74, 6) is 0.0776. The van der Waals surface area contributed by atoms with Gasteiger partial charge in [-0.3, -0.25) is 0 Å². The molecule has 3 N–H and O–H groups in total. The molecule has 3 nitrogen and oxygen atoms in total. The summed E-state index contributed by atoms with van der Waals surface area (Å²) in [6, 6.07) is 2.13. The second kappa shape index (κ2) is 5.95. The van der Waals surface area contributed by atoms with Crippen molar-refractivity contribution in [3.8, 4) is 0 Å². The lowest BCUT2D eigenvalue weighted by atomic mass is 9.90. The molecule has 0 amide bonds. The van der Waals surface area contributed by atoms with Gasteiger partial charge in [-0.1, -0.05) is 33.0 Å². The van der Waals surface area contributed by atoms with Gasteiger partial charge in [0.15, 0.2) is 0 Å². The molecule has 0 aliphatic heterocycles. The van der Waals surface area contributed by atoms with E-state index >= 15 is 0 Å². The summed E-state index contributed by atoms with van der Waals surface area (Å²) in [6.07, 6.45) is -3.62. The Hall–Kier alpha value is -1.37. The van der Waals surface area contributed by atoms with Crippen LogP contribution in [0.5, 0.6) is 0 Å². The minimum Gasteiger partial charge on any atom is -0.389 e. The summed E-state index contributed by atoms with van der Waals surface area (Å²) in [4.78, 5) is 3.62. The molecule has 0 aliphatic rings. The first-order chi connectivity index (χ1) is 9.07. The van der Waals surface area contributed by atoms with E-state index in [0.29, 0.717) is 12.1 Å². The van der Waals surface area contributed by atoms with E-state index in [1.54, 1.807) is 0 Å². The Kier molecular flexibility index (Phi) is 4.96. The molecule has 0 bridgehead atoms. The lowest BCUT2D eigenvalue weighted by Crippen LogP contribution is -2.25. The van der Waals surface area contributed by atoms with Crippen molar-refractivity contribution in [1.29, 1.82) is 0 Å². The van der Waals surface area contributed by atoms with Gasteiger partial charge in [-0.15, -0.1) is 0 Å². The van der Waals surface area contributed by atoms with Crippen LogP contribution in [0.25, 0.3) is 0 Å². The highest BCUT2D eigenvalue weighted by Crippen LogP contribution is 2.30. The number of halogens is 3. The Bertz CT molecular complexity index is 498. The minimum absolute atomic E-state index is 0.0167. The first-order valence-electron chi connectivity index (χ1n) is 6.19. The third kappa shape index (κ3) is 4.33. The zero-order valence-corrected chi connectivity index (χ0v) is 12.5. The molecule has 0 aromatic carbocycles. The Morgan fingerprint density at radius 3 is 2.40 bits per heavy atom. The molecule has 1 rings (SSSR count). The summed E-state index contributed by atoms with van der Waals surface area (Å²) in [5.41, 5.74) is 4.81. The van der Waals surface area contributed by atoms with Crippen LogP contribution >= 0.6 is 12.2 Å². The second-order valence-electron chi connectivity index (χ2n) is 5.33. The highest BCUT2D eigenvalue weighted by molar-refractivity contribution is 7.80. The maximum absolute atomic E-state index is 12.7. The molecular weight excluding hydrogens is 287 g/mol. The summed E-state index contributed by atoms with van der Waals surface area (Å²) in [7, 11) is 0. The molecule has 0 atom stereocenters. The molecule has 7 heteroatoms. The minimum atomic E-state index is -4.49. The summed E-state index contributed by atoms with van der Waals surface area (Å²) in [6.45, 7) is 6.51. The summed E-state index contributed by atoms with van der Waals surface area (Å²) < 4.78 is 38.1. The third-order valence-electron chi connectivity index (χ3n) is 3.14. The predicted octanol–water partition coefficient (Wildman–Crippen LogP) is 3.58. The van der Waals surface area contributed by atoms with Gasteiger partial charge in [-0.25, -0.2) is 4.98 Å². The Labute approximate surface area is 121 Å². The number of thiocarbonyl (C=S) groups is 1. The van der Waals surface area contributed by atoms with Gasteiger partial charge in [-0.2, -0.15) is 13.2 Å². The lowest BCUT2D eigenvalue weighted by molar-refractivity contribution is -0.141. The third-order valence-corrected chi connectivity index (χ3v) is 3.36. The first kappa shape index (κ1) is 16.7. The van der Waals surface area contributed by atoms with Gasteiger partial charge in [0.1, 0.15) is 16.5 Å². The van der Waals surface area contributed by atoms with E-state index in [-0.39, 0.29) is 16.2 Å². The molecule has 20 heavy (non-hydrogen) atoms. The second-order valence-corrected chi connectivity index (χ2v) is 5.77. The molecule has 1 aromatic heterocycles. The molecule has 0 unspecified atom stereocenters. The highest BCUT2D eigenvalue weighted by Gasteiger charge is 2.33. The molecule has 0 aliphatic carbocycles. The average Bonchev–Trinajstić information content (AvgIpc) is 2.35. The van der Waals surface area contributed by atoms with Gasteiger partial charge in [0.05, 0.1) is 5.56 Å². The quantitative estimate of drug-likeness (QED) is 0.816. The van der Waals surface area contributed by atoms with E-state index in [0.717, 1.165) is 12.5 Å². The fraction of sp³-hybridized carbons (Fsp3) is 0.538. The van der Waals surface area contributed by atoms with Crippen molar-refractivity contribution < 1.29 is 13.2 Å². The van der Waals surface area contributed by atoms with Crippen molar-refractivity contribution in [2.45, 2.75) is 33.4 Å². The Morgan fingerprint density at radius 2 is 1.95 bits per heavy atom. The van der Waals surface area contributed by atoms with Crippen LogP contribution < -0.4 is 11.1 Å². The van der Waals surface area contributed by atoms with Crippen LogP contribution in [-0.2, 0) is 6.18 Å². The normalized spacial score (nSPS) is 12.3. The van der Waals surface area contributed by atoms with Crippen LogP contribution in [0.2, 0.25) is 0 Å². The fourth-order valence-corrected chi connectivity index (χ4v) is 1.56. The zero-order chi connectivity index (χ0) is 15.6. The maximum atomic E-state index is 12.7. The number of hydrogen-bond donors (Lipinski definition) is 2. The van der Waals surface area contributed by atoms with Crippen molar-refractivity contribution in [2.24, 2.45) is 11.1 Å². The van der Waals surface area contributed by atoms with Gasteiger partial charge in [0, 0.05) is 6.54 Å². The van der Waals surface area contributed by atoms with Gasteiger partial charge in [0.25, 0.3) is 0 Å². The number of rotatable bonds is 5. The molecule has 0 fully saturated rings. The van der Waals surface area contributed by atoms with Crippen LogP contribution in [0.4, 0.5) is 19.0 Å². The van der Waals surface area contributed by atoms with Gasteiger partial charge >= 0.3 is 6.18 Å². The number of alkyl halides is 3. The van der Waals surface area contributed by atoms with E-state index < -0.39 is 11.9 Å². The molecule has 0 radical (unpaired) electrons. The molecule has 1 heterocycles. The maximum Gasteiger partial charge on any atom is 0.433 e. The number of nitrogens with one attached hydrogen (secondary N) is 1. The molecule has 0 spiro atoms. The van der Waals surface area contributed by atoms with Crippen molar-refractivity contribution >= 4 is 23.0 Å². The largest absolute Gasteiger partial charge is 0.433 e. The summed E-state index contributed by atoms with van der Waals surface area (Å²) in [5, 5.41) is 2.92. The lowest BCUT2D eigenvalue weighted by Gasteiger charge is -2.24. The molecule has 112 valence electrons. The number of nitrogens with two attached hydrogens (primary N) is 1. The standard InChI is InChI=1S/C13H18F3N3S/c1-4-12(2,3)7-18-11-8(10(17)20)5-6-9(19-11)13(14,15)16/h5-6H,4,7H2,1-3H3,(H2,17,20)(H,18,19). The predicted molar refractivity (Wildman–Crippen MR) is 77.7 cm³/mol. The average molecular weight is 305 g/mol. The van der Waals surface area contributed by atoms with E-state index in [1.165, 1.54) is 6.07 Å². The smallest absolute Gasteiger partial charge is 0.389 e. The molecule has 0 saturated heterocycles. The van der Waals surface area contributed by atoms with E-state index in [2.05, 4.69) is 10.3 Å². The van der Waals surface area contributed by atoms with E-state index in [4.69, 9.17) is 18.0 Å². The fourth-order valence-electron chi connectivity index (χ4n) is 1.40. The molecular formula is C13H18F3N3S. The Balaban J connectivity index is 3.10. The van der Waals surface area contributed by atoms with Crippen molar-refractivity contribution in [1.82, 2.24) is 4.98 Å². The number of aromatic nitrogens is 1. The van der Waals surface area contributed by atoms with Crippen LogP contribution in [0, 0.1) is 5.41 Å². The van der Waals surface area contributed by atoms with Crippen LogP contribution in [-0.4, -0.2) is 16.5 Å². The Morgan fingerprint density at radius 1 is 1.35 bits per heavy atom. The van der Waals surface area contributed by atoms with Gasteiger partial charge in [-0.05, 0) is 24.0 Å². The highest BCUT2D eigenvalue weighted by atomic mass is 32.1. The number of anilines is 1. The van der Waals surface area contributed by atoms with Crippen LogP contribution in [0.15, 0.2) is 12.1 Å². The summed E-state index contributed by atoms with van der Waals surface area (Å²) >= 11 is 4.84. The molecule has 0 saturated carbocycles. The SMILES string of the molecule is CCC(C)(C)CNc1nc(C(F)(F)F)ccc1C(N)=S. The monoisotopic (exact) mass is 305 g/mol. The van der Waals surface area contributed by atoms with Crippen LogP contribution in [0.1, 0.15) is 38.4 Å². The van der Waals surface area contributed by atoms with E-state index in [9.17, 15) is 13.2 Å². The van der Waals surface area contributed by atoms with E-state index in [1.807, 2.05) is 20.8 Å². The van der Waals surface area contributed by atoms with Crippen molar-refractivity contribution in [3.05, 3.63) is 23.4 Å². The van der Waals surface area contributed by atoms with Crippen molar-refractivity contribution in [3.63, 3.8) is 0 Å². The van der Waals surface area contributed by atoms with Crippen LogP contribution in [0.3, 0.4) is 0 Å². The molecule has 1 aromatic rings. The number of pyridine rings is 1. The topological polar surface area (TPSA) is 50.9 Å². The first-order valence-corrected chi connectivity index (χ1v) is 6.59. The van der Waals surface area contributed by atoms with Crippen molar-refractivity contribution in [2.75, 3.05) is 11.9 Å². The zero-order valence-electron chi connectivity index (χ0n) is 11.6. The number of nitrogens with zero attached hydrogens (tertiary/aromatic N) is 1. The number of hydrogen-bond acceptors (Lipinski definition) is 3.